The number of hydrogen-bond acceptors (Lipinski definition) is 5. The van der Waals surface area contributed by atoms with Gasteiger partial charge in [0.1, 0.15) is 5.60 Å². The van der Waals surface area contributed by atoms with Crippen molar-refractivity contribution in [2.75, 3.05) is 0 Å². The van der Waals surface area contributed by atoms with Gasteiger partial charge in [-0.25, -0.2) is 0 Å². The van der Waals surface area contributed by atoms with Gasteiger partial charge in [0, 0.05) is 6.42 Å². The molecule has 0 saturated heterocycles. The maximum atomic E-state index is 11.9. The number of alkyl halides is 3. The molecule has 9 heteroatoms. The van der Waals surface area contributed by atoms with Gasteiger partial charge in [0.05, 0.1) is 5.97 Å². The summed E-state index contributed by atoms with van der Waals surface area (Å²) in [6, 6.07) is 0. The van der Waals surface area contributed by atoms with E-state index in [1.54, 1.807) is 0 Å². The topological polar surface area (TPSA) is 83.5 Å². The lowest BCUT2D eigenvalue weighted by Crippen LogP contribution is -2.50. The minimum atomic E-state index is -5.99. The lowest BCUT2D eigenvalue weighted by molar-refractivity contribution is -0.321. The third-order valence-corrected chi connectivity index (χ3v) is 2.70. The lowest BCUT2D eigenvalue weighted by atomic mass is 10.0. The lowest BCUT2D eigenvalue weighted by Gasteiger charge is -2.28. The molecule has 1 atom stereocenters. The van der Waals surface area contributed by atoms with Crippen LogP contribution < -0.4 is 5.11 Å². The molecular weight excluding hydrogens is 253 g/mol. The molecule has 0 aliphatic carbocycles. The molecule has 16 heavy (non-hydrogen) atoms. The zero-order valence-electron chi connectivity index (χ0n) is 8.07. The van der Waals surface area contributed by atoms with Crippen LogP contribution in [0.15, 0.2) is 12.7 Å². The van der Waals surface area contributed by atoms with Crippen molar-refractivity contribution < 1.29 is 35.7 Å². The molecule has 0 aromatic heterocycles. The number of carboxylic acid groups (broad SMARTS) is 1. The molecule has 0 rings (SSSR count). The van der Waals surface area contributed by atoms with Crippen LogP contribution in [0.3, 0.4) is 0 Å². The molecule has 0 aromatic rings. The van der Waals surface area contributed by atoms with E-state index in [9.17, 15) is 31.5 Å². The van der Waals surface area contributed by atoms with Crippen molar-refractivity contribution in [2.24, 2.45) is 0 Å². The predicted molar refractivity (Wildman–Crippen MR) is 44.3 cm³/mol. The quantitative estimate of drug-likeness (QED) is 0.393. The Labute approximate surface area is 89.6 Å². The summed E-state index contributed by atoms with van der Waals surface area (Å²) in [5.74, 6) is -2.08. The summed E-state index contributed by atoms with van der Waals surface area (Å²) in [4.78, 5) is 10.5. The third-order valence-electron chi connectivity index (χ3n) is 1.54. The van der Waals surface area contributed by atoms with Crippen molar-refractivity contribution in [3.8, 4) is 0 Å². The molecule has 0 heterocycles. The van der Waals surface area contributed by atoms with E-state index in [1.807, 2.05) is 0 Å². The zero-order chi connectivity index (χ0) is 13.2. The Bertz CT molecular complexity index is 385. The monoisotopic (exact) mass is 261 g/mol. The molecule has 0 saturated carbocycles. The van der Waals surface area contributed by atoms with E-state index in [0.29, 0.717) is 6.92 Å². The van der Waals surface area contributed by atoms with E-state index in [1.165, 1.54) is 0 Å². The number of aliphatic carboxylic acids is 1. The Balaban J connectivity index is 5.22. The number of hydrogen-bond donors (Lipinski definition) is 0. The number of carboxylic acids is 1. The molecular formula is C7H8F3O5S-. The fourth-order valence-electron chi connectivity index (χ4n) is 0.716. The standard InChI is InChI=1S/C7H9F3O5S/c1-3-4-6(2,5(11)12)15-16(13,14)7(8,9)10/h3H,1,4H2,2H3,(H,11,12)/p-1. The van der Waals surface area contributed by atoms with Crippen LogP contribution in [-0.2, 0) is 19.1 Å². The Hall–Kier alpha value is -1.09. The van der Waals surface area contributed by atoms with E-state index in [-0.39, 0.29) is 0 Å². The predicted octanol–water partition coefficient (Wildman–Crippen LogP) is -0.0627. The molecule has 0 spiro atoms. The van der Waals surface area contributed by atoms with Crippen molar-refractivity contribution >= 4 is 16.1 Å². The molecule has 0 aliphatic rings. The van der Waals surface area contributed by atoms with Gasteiger partial charge in [0.2, 0.25) is 0 Å². The SMILES string of the molecule is C=CCC(C)(OS(=O)(=O)C(F)(F)F)C(=O)[O-]. The highest BCUT2D eigenvalue weighted by Crippen LogP contribution is 2.30. The number of carbonyl (C=O) groups excluding carboxylic acids is 1. The van der Waals surface area contributed by atoms with Crippen LogP contribution in [0.1, 0.15) is 13.3 Å². The average Bonchev–Trinajstić information content (AvgIpc) is 2.00. The Morgan fingerprint density at radius 3 is 2.19 bits per heavy atom. The van der Waals surface area contributed by atoms with E-state index in [0.717, 1.165) is 6.08 Å². The fraction of sp³-hybridized carbons (Fsp3) is 0.571. The van der Waals surface area contributed by atoms with Gasteiger partial charge in [-0.1, -0.05) is 6.08 Å². The van der Waals surface area contributed by atoms with E-state index in [2.05, 4.69) is 10.8 Å². The smallest absolute Gasteiger partial charge is 0.523 e. The van der Waals surface area contributed by atoms with E-state index < -0.39 is 33.6 Å². The van der Waals surface area contributed by atoms with Gasteiger partial charge in [-0.2, -0.15) is 21.6 Å². The first-order chi connectivity index (χ1) is 6.96. The first-order valence-electron chi connectivity index (χ1n) is 3.80. The van der Waals surface area contributed by atoms with E-state index in [4.69, 9.17) is 0 Å². The number of carbonyl (C=O) groups is 1. The van der Waals surface area contributed by atoms with Gasteiger partial charge in [0.25, 0.3) is 0 Å². The molecule has 0 bridgehead atoms. The van der Waals surface area contributed by atoms with Crippen LogP contribution in [0.5, 0.6) is 0 Å². The normalized spacial score (nSPS) is 16.5. The number of rotatable bonds is 5. The first-order valence-corrected chi connectivity index (χ1v) is 5.21. The highest BCUT2D eigenvalue weighted by molar-refractivity contribution is 7.87. The third kappa shape index (κ3) is 3.20. The van der Waals surface area contributed by atoms with Gasteiger partial charge in [-0.15, -0.1) is 6.58 Å². The van der Waals surface area contributed by atoms with Crippen LogP contribution in [0, 0.1) is 0 Å². The Kier molecular flexibility index (Phi) is 4.12. The molecule has 0 N–H and O–H groups in total. The van der Waals surface area contributed by atoms with E-state index >= 15 is 0 Å². The summed E-state index contributed by atoms with van der Waals surface area (Å²) in [5, 5.41) is 10.5. The fourth-order valence-corrected chi connectivity index (χ4v) is 1.43. The van der Waals surface area contributed by atoms with Crippen LogP contribution in [0.2, 0.25) is 0 Å². The summed E-state index contributed by atoms with van der Waals surface area (Å²) >= 11 is 0. The zero-order valence-corrected chi connectivity index (χ0v) is 8.89. The molecule has 1 unspecified atom stereocenters. The van der Waals surface area contributed by atoms with Gasteiger partial charge < -0.3 is 9.90 Å². The maximum Gasteiger partial charge on any atom is 0.523 e. The molecule has 0 fully saturated rings. The summed E-state index contributed by atoms with van der Waals surface area (Å²) < 4.78 is 60.5. The van der Waals surface area contributed by atoms with Gasteiger partial charge in [0.15, 0.2) is 0 Å². The van der Waals surface area contributed by atoms with Crippen LogP contribution in [-0.4, -0.2) is 25.5 Å². The minimum Gasteiger partial charge on any atom is -0.547 e. The minimum absolute atomic E-state index is 0.646. The van der Waals surface area contributed by atoms with Crippen LogP contribution in [0.4, 0.5) is 13.2 Å². The van der Waals surface area contributed by atoms with Crippen molar-refractivity contribution in [3.63, 3.8) is 0 Å². The molecule has 0 aromatic carbocycles. The molecule has 0 radical (unpaired) electrons. The number of halogens is 3. The van der Waals surface area contributed by atoms with Gasteiger partial charge >= 0.3 is 15.6 Å². The summed E-state index contributed by atoms with van der Waals surface area (Å²) in [6.45, 7) is 3.72. The highest BCUT2D eigenvalue weighted by Gasteiger charge is 2.51. The Morgan fingerprint density at radius 2 is 1.94 bits per heavy atom. The van der Waals surface area contributed by atoms with Crippen LogP contribution in [0.25, 0.3) is 0 Å². The second kappa shape index (κ2) is 4.42. The average molecular weight is 261 g/mol. The maximum absolute atomic E-state index is 11.9. The highest BCUT2D eigenvalue weighted by atomic mass is 32.2. The van der Waals surface area contributed by atoms with Gasteiger partial charge in [-0.3, -0.25) is 4.18 Å². The second-order valence-electron chi connectivity index (χ2n) is 2.99. The molecule has 0 amide bonds. The van der Waals surface area contributed by atoms with Crippen LogP contribution >= 0.6 is 0 Å². The second-order valence-corrected chi connectivity index (χ2v) is 4.53. The van der Waals surface area contributed by atoms with Gasteiger partial charge in [-0.05, 0) is 6.92 Å². The molecule has 0 aliphatic heterocycles. The first kappa shape index (κ1) is 14.9. The molecule has 5 nitrogen and oxygen atoms in total. The summed E-state index contributed by atoms with van der Waals surface area (Å²) in [5.41, 5.74) is -8.32. The van der Waals surface area contributed by atoms with Crippen molar-refractivity contribution in [3.05, 3.63) is 12.7 Å². The molecule has 94 valence electrons. The Morgan fingerprint density at radius 1 is 1.50 bits per heavy atom. The van der Waals surface area contributed by atoms with Crippen molar-refractivity contribution in [2.45, 2.75) is 24.5 Å². The largest absolute Gasteiger partial charge is 0.547 e. The van der Waals surface area contributed by atoms with Crippen molar-refractivity contribution in [1.82, 2.24) is 0 Å². The summed E-state index contributed by atoms with van der Waals surface area (Å²) in [6.07, 6.45) is 0.256. The summed E-state index contributed by atoms with van der Waals surface area (Å²) in [7, 11) is -5.99. The van der Waals surface area contributed by atoms with Crippen molar-refractivity contribution in [1.29, 1.82) is 0 Å².